The van der Waals surface area contributed by atoms with Crippen LogP contribution in [-0.4, -0.2) is 63.4 Å². The SMILES string of the molecule is CCNC(=NCCCN(CC)S(C)(=O)=O)NCCSc1ccccc1. The maximum atomic E-state index is 11.5. The van der Waals surface area contributed by atoms with Gasteiger partial charge in [-0.25, -0.2) is 12.7 Å². The van der Waals surface area contributed by atoms with Crippen LogP contribution in [0.5, 0.6) is 0 Å². The molecule has 8 heteroatoms. The second-order valence-electron chi connectivity index (χ2n) is 5.46. The van der Waals surface area contributed by atoms with Gasteiger partial charge >= 0.3 is 0 Å². The third kappa shape index (κ3) is 9.72. The average molecular weight is 387 g/mol. The lowest BCUT2D eigenvalue weighted by molar-refractivity contribution is 0.427. The van der Waals surface area contributed by atoms with Crippen molar-refractivity contribution in [2.45, 2.75) is 25.2 Å². The summed E-state index contributed by atoms with van der Waals surface area (Å²) in [5.74, 6) is 1.73. The van der Waals surface area contributed by atoms with Crippen LogP contribution in [0, 0.1) is 0 Å². The first-order valence-electron chi connectivity index (χ1n) is 8.62. The Kier molecular flexibility index (Phi) is 10.6. The van der Waals surface area contributed by atoms with Crippen LogP contribution in [0.2, 0.25) is 0 Å². The van der Waals surface area contributed by atoms with Crippen molar-refractivity contribution in [2.75, 3.05) is 44.7 Å². The van der Waals surface area contributed by atoms with Gasteiger partial charge in [-0.15, -0.1) is 11.8 Å². The molecule has 0 heterocycles. The highest BCUT2D eigenvalue weighted by atomic mass is 32.2. The largest absolute Gasteiger partial charge is 0.357 e. The fourth-order valence-corrected chi connectivity index (χ4v) is 3.91. The summed E-state index contributed by atoms with van der Waals surface area (Å²) in [7, 11) is -3.12. The van der Waals surface area contributed by atoms with Crippen molar-refractivity contribution in [1.29, 1.82) is 0 Å². The van der Waals surface area contributed by atoms with Gasteiger partial charge in [-0.05, 0) is 25.5 Å². The van der Waals surface area contributed by atoms with E-state index in [2.05, 4.69) is 27.8 Å². The first-order chi connectivity index (χ1) is 12.0. The molecular formula is C17H30N4O2S2. The zero-order chi connectivity index (χ0) is 18.5. The second kappa shape index (κ2) is 12.2. The summed E-state index contributed by atoms with van der Waals surface area (Å²) in [4.78, 5) is 5.77. The van der Waals surface area contributed by atoms with Gasteiger partial charge in [-0.1, -0.05) is 25.1 Å². The molecule has 0 fully saturated rings. The van der Waals surface area contributed by atoms with Gasteiger partial charge in [0.05, 0.1) is 6.26 Å². The number of sulfonamides is 1. The lowest BCUT2D eigenvalue weighted by Gasteiger charge is -2.17. The van der Waals surface area contributed by atoms with Crippen molar-refractivity contribution in [2.24, 2.45) is 4.99 Å². The predicted molar refractivity (Wildman–Crippen MR) is 108 cm³/mol. The van der Waals surface area contributed by atoms with E-state index < -0.39 is 10.0 Å². The number of hydrogen-bond donors (Lipinski definition) is 2. The third-order valence-electron chi connectivity index (χ3n) is 3.41. The molecule has 142 valence electrons. The first kappa shape index (κ1) is 21.8. The fraction of sp³-hybridized carbons (Fsp3) is 0.588. The topological polar surface area (TPSA) is 73.8 Å². The van der Waals surface area contributed by atoms with Gasteiger partial charge in [0.1, 0.15) is 0 Å². The smallest absolute Gasteiger partial charge is 0.211 e. The average Bonchev–Trinajstić information content (AvgIpc) is 2.58. The van der Waals surface area contributed by atoms with Gasteiger partial charge < -0.3 is 10.6 Å². The lowest BCUT2D eigenvalue weighted by atomic mass is 10.4. The van der Waals surface area contributed by atoms with E-state index in [1.54, 1.807) is 11.8 Å². The maximum absolute atomic E-state index is 11.5. The van der Waals surface area contributed by atoms with Crippen LogP contribution in [0.1, 0.15) is 20.3 Å². The number of aliphatic imine (C=N–C) groups is 1. The molecule has 0 saturated heterocycles. The normalized spacial score (nSPS) is 12.4. The summed E-state index contributed by atoms with van der Waals surface area (Å²) in [6.07, 6.45) is 1.95. The standard InChI is InChI=1S/C17H30N4O2S2/c1-4-18-17(19-12-9-14-21(5-2)25(3,22)23)20-13-15-24-16-10-7-6-8-11-16/h6-8,10-11H,4-5,9,12-15H2,1-3H3,(H2,18,19,20). The summed E-state index contributed by atoms with van der Waals surface area (Å²) in [5, 5.41) is 6.52. The van der Waals surface area contributed by atoms with Gasteiger partial charge in [-0.2, -0.15) is 0 Å². The third-order valence-corrected chi connectivity index (χ3v) is 5.80. The zero-order valence-corrected chi connectivity index (χ0v) is 17.0. The van der Waals surface area contributed by atoms with Crippen molar-refractivity contribution in [3.8, 4) is 0 Å². The summed E-state index contributed by atoms with van der Waals surface area (Å²) < 4.78 is 24.6. The van der Waals surface area contributed by atoms with Crippen LogP contribution in [-0.2, 0) is 10.0 Å². The lowest BCUT2D eigenvalue weighted by Crippen LogP contribution is -2.38. The van der Waals surface area contributed by atoms with Crippen molar-refractivity contribution >= 4 is 27.7 Å². The summed E-state index contributed by atoms with van der Waals surface area (Å²) >= 11 is 1.80. The fourth-order valence-electron chi connectivity index (χ4n) is 2.19. The molecule has 2 N–H and O–H groups in total. The number of thioether (sulfide) groups is 1. The second-order valence-corrected chi connectivity index (χ2v) is 8.61. The van der Waals surface area contributed by atoms with E-state index in [-0.39, 0.29) is 0 Å². The molecule has 1 aromatic carbocycles. The monoisotopic (exact) mass is 386 g/mol. The Morgan fingerprint density at radius 3 is 2.52 bits per heavy atom. The van der Waals surface area contributed by atoms with Gasteiger partial charge in [0.15, 0.2) is 5.96 Å². The molecule has 25 heavy (non-hydrogen) atoms. The molecule has 0 atom stereocenters. The Morgan fingerprint density at radius 1 is 1.20 bits per heavy atom. The van der Waals surface area contributed by atoms with Crippen molar-refractivity contribution < 1.29 is 8.42 Å². The molecular weight excluding hydrogens is 356 g/mol. The van der Waals surface area contributed by atoms with Crippen LogP contribution in [0.25, 0.3) is 0 Å². The Hall–Kier alpha value is -1.25. The quantitative estimate of drug-likeness (QED) is 0.263. The number of guanidine groups is 1. The molecule has 0 aliphatic carbocycles. The summed E-state index contributed by atoms with van der Waals surface area (Å²) in [5.41, 5.74) is 0. The van der Waals surface area contributed by atoms with Gasteiger partial charge in [0, 0.05) is 43.4 Å². The van der Waals surface area contributed by atoms with E-state index in [9.17, 15) is 8.42 Å². The maximum Gasteiger partial charge on any atom is 0.211 e. The highest BCUT2D eigenvalue weighted by Crippen LogP contribution is 2.15. The van der Waals surface area contributed by atoms with Gasteiger partial charge in [0.2, 0.25) is 10.0 Å². The minimum absolute atomic E-state index is 0.498. The predicted octanol–water partition coefficient (Wildman–Crippen LogP) is 2.01. The molecule has 6 nitrogen and oxygen atoms in total. The number of hydrogen-bond acceptors (Lipinski definition) is 4. The van der Waals surface area contributed by atoms with Crippen molar-refractivity contribution in [1.82, 2.24) is 14.9 Å². The van der Waals surface area contributed by atoms with Gasteiger partial charge in [0.25, 0.3) is 0 Å². The van der Waals surface area contributed by atoms with E-state index in [1.165, 1.54) is 15.5 Å². The van der Waals surface area contributed by atoms with Crippen LogP contribution < -0.4 is 10.6 Å². The molecule has 1 rings (SSSR count). The number of benzene rings is 1. The molecule has 1 aromatic rings. The highest BCUT2D eigenvalue weighted by Gasteiger charge is 2.12. The summed E-state index contributed by atoms with van der Waals surface area (Å²) in [6.45, 7) is 7.07. The van der Waals surface area contributed by atoms with Gasteiger partial charge in [-0.3, -0.25) is 4.99 Å². The van der Waals surface area contributed by atoms with E-state index in [4.69, 9.17) is 0 Å². The minimum atomic E-state index is -3.12. The Bertz CT molecular complexity index is 606. The molecule has 0 unspecified atom stereocenters. The van der Waals surface area contributed by atoms with Crippen LogP contribution in [0.15, 0.2) is 40.2 Å². The number of nitrogens with one attached hydrogen (secondary N) is 2. The van der Waals surface area contributed by atoms with Crippen LogP contribution in [0.3, 0.4) is 0 Å². The Morgan fingerprint density at radius 2 is 1.92 bits per heavy atom. The van der Waals surface area contributed by atoms with E-state index in [0.29, 0.717) is 26.1 Å². The molecule has 0 aliphatic rings. The number of nitrogens with zero attached hydrogens (tertiary/aromatic N) is 2. The molecule has 0 saturated carbocycles. The molecule has 0 aliphatic heterocycles. The summed E-state index contributed by atoms with van der Waals surface area (Å²) in [6, 6.07) is 10.3. The van der Waals surface area contributed by atoms with E-state index in [1.807, 2.05) is 32.0 Å². The van der Waals surface area contributed by atoms with Crippen LogP contribution >= 0.6 is 11.8 Å². The Balaban J connectivity index is 2.33. The highest BCUT2D eigenvalue weighted by molar-refractivity contribution is 7.99. The molecule has 0 spiro atoms. The van der Waals surface area contributed by atoms with Crippen molar-refractivity contribution in [3.63, 3.8) is 0 Å². The van der Waals surface area contributed by atoms with Crippen LogP contribution in [0.4, 0.5) is 0 Å². The van der Waals surface area contributed by atoms with Crippen molar-refractivity contribution in [3.05, 3.63) is 30.3 Å². The van der Waals surface area contributed by atoms with E-state index >= 15 is 0 Å². The Labute approximate surface area is 156 Å². The zero-order valence-electron chi connectivity index (χ0n) is 15.4. The molecule has 0 aromatic heterocycles. The molecule has 0 amide bonds. The first-order valence-corrected chi connectivity index (χ1v) is 11.5. The number of rotatable bonds is 11. The molecule has 0 bridgehead atoms. The van der Waals surface area contributed by atoms with E-state index in [0.717, 1.165) is 24.8 Å². The minimum Gasteiger partial charge on any atom is -0.357 e. The molecule has 0 radical (unpaired) electrons.